The van der Waals surface area contributed by atoms with Crippen LogP contribution in [0.4, 0.5) is 0 Å². The molecule has 9 aromatic rings. The molecule has 1 radical (unpaired) electrons. The van der Waals surface area contributed by atoms with Gasteiger partial charge in [0.2, 0.25) is 0 Å². The van der Waals surface area contributed by atoms with E-state index in [0.717, 1.165) is 61.4 Å². The smallest absolute Gasteiger partial charge is 0.139 e. The van der Waals surface area contributed by atoms with Crippen LogP contribution in [0.25, 0.3) is 66.9 Å². The maximum absolute atomic E-state index is 6.44. The van der Waals surface area contributed by atoms with Crippen molar-refractivity contribution < 1.29 is 24.5 Å². The molecule has 7 heteroatoms. The van der Waals surface area contributed by atoms with Gasteiger partial charge in [-0.05, 0) is 76.2 Å². The minimum Gasteiger partial charge on any atom is -0.499 e. The average Bonchev–Trinajstić information content (AvgIpc) is 3.79. The molecule has 60 heavy (non-hydrogen) atoms. The van der Waals surface area contributed by atoms with Crippen LogP contribution >= 0.6 is 0 Å². The monoisotopic (exact) mass is 1030 g/mol. The topological polar surface area (TPSA) is 56.7 Å². The molecular formula is C53H52GeIrN4O-2. The second-order valence-electron chi connectivity index (χ2n) is 17.3. The Morgan fingerprint density at radius 2 is 1.45 bits per heavy atom. The van der Waals surface area contributed by atoms with Gasteiger partial charge >= 0.3 is 106 Å². The van der Waals surface area contributed by atoms with E-state index in [1.54, 1.807) is 0 Å². The first-order valence-corrected chi connectivity index (χ1v) is 28.0. The molecule has 0 atom stereocenters. The molecule has 0 N–H and O–H groups in total. The Labute approximate surface area is 371 Å². The van der Waals surface area contributed by atoms with Gasteiger partial charge in [0.15, 0.2) is 0 Å². The van der Waals surface area contributed by atoms with Gasteiger partial charge in [-0.15, -0.1) is 18.2 Å². The fourth-order valence-corrected chi connectivity index (χ4v) is 10.0. The fourth-order valence-electron chi connectivity index (χ4n) is 7.84. The summed E-state index contributed by atoms with van der Waals surface area (Å²) in [6.45, 7) is 14.0. The van der Waals surface area contributed by atoms with Gasteiger partial charge in [-0.3, -0.25) is 9.97 Å². The number of para-hydroxylation sites is 2. The Bertz CT molecular complexity index is 2880. The fraction of sp³-hybridized carbons (Fsp3) is 0.226. The second kappa shape index (κ2) is 17.8. The molecule has 0 saturated heterocycles. The molecule has 4 heterocycles. The Hall–Kier alpha value is -5.14. The summed E-state index contributed by atoms with van der Waals surface area (Å²) in [6, 6.07) is 49.2. The van der Waals surface area contributed by atoms with Gasteiger partial charge < -0.3 is 8.98 Å². The number of fused-ring (bicyclic) bond motifs is 4. The van der Waals surface area contributed by atoms with Crippen molar-refractivity contribution in [3.05, 3.63) is 168 Å². The first-order chi connectivity index (χ1) is 28.4. The van der Waals surface area contributed by atoms with Gasteiger partial charge in [-0.1, -0.05) is 87.9 Å². The molecule has 0 aliphatic rings. The summed E-state index contributed by atoms with van der Waals surface area (Å²) in [6.07, 6.45) is 2.04. The van der Waals surface area contributed by atoms with E-state index in [4.69, 9.17) is 14.4 Å². The number of hydrogen-bond donors (Lipinski definition) is 0. The number of furan rings is 1. The van der Waals surface area contributed by atoms with Gasteiger partial charge in [0.25, 0.3) is 0 Å². The molecule has 0 aliphatic heterocycles. The van der Waals surface area contributed by atoms with Gasteiger partial charge in [0.05, 0.1) is 28.0 Å². The second-order valence-corrected chi connectivity index (χ2v) is 27.9. The van der Waals surface area contributed by atoms with Gasteiger partial charge in [0.1, 0.15) is 5.58 Å². The van der Waals surface area contributed by atoms with Crippen molar-refractivity contribution in [1.82, 2.24) is 19.5 Å². The first kappa shape index (κ1) is 43.0. The zero-order chi connectivity index (χ0) is 41.4. The van der Waals surface area contributed by atoms with Crippen molar-refractivity contribution in [2.75, 3.05) is 0 Å². The van der Waals surface area contributed by atoms with E-state index in [1.165, 1.54) is 37.8 Å². The zero-order valence-corrected chi connectivity index (χ0v) is 40.5. The minimum atomic E-state index is -1.73. The molecule has 0 spiro atoms. The Morgan fingerprint density at radius 1 is 0.733 bits per heavy atom. The summed E-state index contributed by atoms with van der Waals surface area (Å²) in [5.41, 5.74) is 16.2. The van der Waals surface area contributed by atoms with Crippen LogP contribution in [0, 0.1) is 26.0 Å². The molecule has 9 rings (SSSR count). The Morgan fingerprint density at radius 3 is 2.10 bits per heavy atom. The van der Waals surface area contributed by atoms with Crippen LogP contribution in [0.5, 0.6) is 0 Å². The van der Waals surface area contributed by atoms with Crippen molar-refractivity contribution in [1.29, 1.82) is 0 Å². The van der Waals surface area contributed by atoms with E-state index in [9.17, 15) is 0 Å². The number of pyridine rings is 2. The van der Waals surface area contributed by atoms with Crippen LogP contribution in [0.2, 0.25) is 17.3 Å². The summed E-state index contributed by atoms with van der Waals surface area (Å²) in [4.78, 5) is 14.5. The van der Waals surface area contributed by atoms with Crippen molar-refractivity contribution in [3.8, 4) is 33.8 Å². The summed E-state index contributed by atoms with van der Waals surface area (Å²) < 4.78 is 10.2. The van der Waals surface area contributed by atoms with Crippen LogP contribution in [0.15, 0.2) is 132 Å². The number of benzene rings is 5. The van der Waals surface area contributed by atoms with Gasteiger partial charge in [-0.2, -0.15) is 0 Å². The number of hydrogen-bond acceptors (Lipinski definition) is 4. The first-order valence-electron chi connectivity index (χ1n) is 20.7. The molecule has 5 nitrogen and oxygen atoms in total. The van der Waals surface area contributed by atoms with Crippen molar-refractivity contribution >= 4 is 50.8 Å². The molecule has 305 valence electrons. The Kier molecular flexibility index (Phi) is 12.8. The number of imidazole rings is 1. The molecule has 0 amide bonds. The van der Waals surface area contributed by atoms with Crippen molar-refractivity contribution in [2.45, 2.75) is 77.2 Å². The molecule has 0 bridgehead atoms. The molecule has 0 fully saturated rings. The summed E-state index contributed by atoms with van der Waals surface area (Å²) >= 11 is -1.73. The average molecular weight is 1030 g/mol. The van der Waals surface area contributed by atoms with Crippen LogP contribution in [0.3, 0.4) is 0 Å². The van der Waals surface area contributed by atoms with Crippen LogP contribution < -0.4 is 4.40 Å². The predicted octanol–water partition coefficient (Wildman–Crippen LogP) is 13.5. The third-order valence-corrected chi connectivity index (χ3v) is 15.4. The van der Waals surface area contributed by atoms with Crippen molar-refractivity contribution in [3.63, 3.8) is 0 Å². The van der Waals surface area contributed by atoms with Crippen LogP contribution in [0.1, 0.15) is 67.5 Å². The van der Waals surface area contributed by atoms with E-state index in [2.05, 4.69) is 165 Å². The number of rotatable bonds is 8. The minimum absolute atomic E-state index is 0. The van der Waals surface area contributed by atoms with Crippen LogP contribution in [-0.4, -0.2) is 32.8 Å². The number of nitrogens with zero attached hydrogens (tertiary/aromatic N) is 4. The van der Waals surface area contributed by atoms with Crippen molar-refractivity contribution in [2.24, 2.45) is 0 Å². The van der Waals surface area contributed by atoms with E-state index >= 15 is 0 Å². The molecule has 0 saturated carbocycles. The van der Waals surface area contributed by atoms with Crippen LogP contribution in [-0.2, 0) is 26.7 Å². The van der Waals surface area contributed by atoms with E-state index < -0.39 is 13.3 Å². The normalized spacial score (nSPS) is 11.7. The SMILES string of the molecule is Cc1c[c-]c(-c2cc[c]([Ge]([CH3])([CH3])[CH3])cn2)cc1.Cc1ccc2oc3c(-c4nc5ccccc5n4Cc4c(C(C)C)cc(-c5ccccc5)cc4C(C)C)[c-]ccc3c2n1.[Ir]. The third kappa shape index (κ3) is 8.83. The molecule has 4 aromatic heterocycles. The quantitative estimate of drug-likeness (QED) is 0.112. The largest absolute Gasteiger partial charge is 0.499 e. The standard InChI is InChI=1S/C38H34N3O.C15H18GeN.Ir/c1-23(2)30-20-27(26-12-7-6-8-13-26)21-31(24(3)4)32(30)22-41-34-17-10-9-16-33(34)40-38(41)29-15-11-14-28-36-35(42-37(28)29)19-18-25(5)39-36;1-12-5-7-13(8-6-12)15-10-9-14(11-17-15)16(2,3)4;/h6-14,16-21,23-24H,22H2,1-5H3;5-7,9-11H,1-4H3;/q2*-1;. The molecule has 0 aliphatic carbocycles. The van der Waals surface area contributed by atoms with Gasteiger partial charge in [0, 0.05) is 32.3 Å². The number of aromatic nitrogens is 4. The van der Waals surface area contributed by atoms with E-state index in [-0.39, 0.29) is 20.1 Å². The van der Waals surface area contributed by atoms with E-state index in [1.807, 2.05) is 43.5 Å². The predicted molar refractivity (Wildman–Crippen MR) is 249 cm³/mol. The zero-order valence-electron chi connectivity index (χ0n) is 36.0. The summed E-state index contributed by atoms with van der Waals surface area (Å²) in [5.74, 6) is 8.73. The molecule has 5 aromatic carbocycles. The third-order valence-electron chi connectivity index (χ3n) is 11.2. The maximum Gasteiger partial charge on any atom is 0.139 e. The summed E-state index contributed by atoms with van der Waals surface area (Å²) in [7, 11) is 0. The maximum atomic E-state index is 6.44. The molecule has 0 unspecified atom stereocenters. The summed E-state index contributed by atoms with van der Waals surface area (Å²) in [5, 5.41) is 0.985. The molecular weight excluding hydrogens is 973 g/mol. The van der Waals surface area contributed by atoms with E-state index in [0.29, 0.717) is 18.4 Å². The number of aryl methyl sites for hydroxylation is 2. The Balaban J connectivity index is 0.000000255. The van der Waals surface area contributed by atoms with Gasteiger partial charge in [-0.25, -0.2) is 0 Å².